The third-order valence-electron chi connectivity index (χ3n) is 4.10. The first-order chi connectivity index (χ1) is 9.46. The van der Waals surface area contributed by atoms with Gasteiger partial charge in [0.25, 0.3) is 0 Å². The number of ether oxygens (including phenoxy) is 1. The van der Waals surface area contributed by atoms with Crippen LogP contribution in [0.25, 0.3) is 0 Å². The fraction of sp³-hybridized carbons (Fsp3) is 0.846. The molecule has 0 radical (unpaired) electrons. The van der Waals surface area contributed by atoms with Crippen molar-refractivity contribution < 1.29 is 22.7 Å². The van der Waals surface area contributed by atoms with Gasteiger partial charge in [0.15, 0.2) is 9.84 Å². The molecule has 2 fully saturated rings. The highest BCUT2D eigenvalue weighted by Crippen LogP contribution is 2.43. The van der Waals surface area contributed by atoms with Gasteiger partial charge in [0.1, 0.15) is 11.1 Å². The number of nitrogens with two attached hydrogens (primary N) is 1. The van der Waals surface area contributed by atoms with Gasteiger partial charge in [0, 0.05) is 0 Å². The molecule has 2 heterocycles. The molecule has 0 spiro atoms. The van der Waals surface area contributed by atoms with Crippen LogP contribution in [0.4, 0.5) is 4.79 Å². The van der Waals surface area contributed by atoms with Crippen LogP contribution in [-0.2, 0) is 19.4 Å². The van der Waals surface area contributed by atoms with Gasteiger partial charge in [0.2, 0.25) is 5.91 Å². The minimum Gasteiger partial charge on any atom is -0.444 e. The molecule has 2 rings (SSSR count). The molecule has 0 aromatic carbocycles. The number of carbonyl (C=O) groups is 2. The molecule has 120 valence electrons. The molecule has 0 aliphatic carbocycles. The van der Waals surface area contributed by atoms with E-state index in [0.29, 0.717) is 12.8 Å². The average molecular weight is 318 g/mol. The van der Waals surface area contributed by atoms with Gasteiger partial charge in [-0.05, 0) is 46.5 Å². The maximum atomic E-state index is 12.1. The Bertz CT molecular complexity index is 544. The summed E-state index contributed by atoms with van der Waals surface area (Å²) in [6.45, 7) is 5.12. The van der Waals surface area contributed by atoms with E-state index in [1.807, 2.05) is 0 Å². The van der Waals surface area contributed by atoms with E-state index in [1.165, 1.54) is 0 Å². The van der Waals surface area contributed by atoms with Crippen LogP contribution in [0.1, 0.15) is 46.5 Å². The number of rotatable bonds is 2. The van der Waals surface area contributed by atoms with Crippen LogP contribution >= 0.6 is 0 Å². The summed E-state index contributed by atoms with van der Waals surface area (Å²) >= 11 is 0. The van der Waals surface area contributed by atoms with Gasteiger partial charge in [-0.3, -0.25) is 4.79 Å². The summed E-state index contributed by atoms with van der Waals surface area (Å²) < 4.78 is 29.4. The lowest BCUT2D eigenvalue weighted by atomic mass is 9.88. The topological polar surface area (TPSA) is 116 Å². The molecule has 2 aliphatic rings. The molecule has 2 atom stereocenters. The number of carbonyl (C=O) groups excluding carboxylic acids is 2. The van der Waals surface area contributed by atoms with Gasteiger partial charge in [0.05, 0.1) is 10.5 Å². The highest BCUT2D eigenvalue weighted by atomic mass is 32.2. The summed E-state index contributed by atoms with van der Waals surface area (Å²) in [5.41, 5.74) is 3.41. The van der Waals surface area contributed by atoms with E-state index in [9.17, 15) is 18.0 Å². The molecule has 21 heavy (non-hydrogen) atoms. The van der Waals surface area contributed by atoms with E-state index < -0.39 is 43.5 Å². The maximum absolute atomic E-state index is 12.1. The Morgan fingerprint density at radius 2 is 1.67 bits per heavy atom. The summed E-state index contributed by atoms with van der Waals surface area (Å²) in [5.74, 6) is -0.708. The van der Waals surface area contributed by atoms with Crippen molar-refractivity contribution in [2.24, 2.45) is 5.73 Å². The zero-order valence-electron chi connectivity index (χ0n) is 12.5. The van der Waals surface area contributed by atoms with Crippen LogP contribution in [-0.4, -0.2) is 42.1 Å². The molecule has 2 amide bonds. The number of alkyl carbamates (subject to hydrolysis) is 1. The van der Waals surface area contributed by atoms with Crippen molar-refractivity contribution >= 4 is 21.8 Å². The fourth-order valence-corrected chi connectivity index (χ4v) is 5.64. The van der Waals surface area contributed by atoms with Gasteiger partial charge < -0.3 is 15.8 Å². The highest BCUT2D eigenvalue weighted by Gasteiger charge is 2.56. The highest BCUT2D eigenvalue weighted by molar-refractivity contribution is 7.93. The van der Waals surface area contributed by atoms with Crippen molar-refractivity contribution in [1.29, 1.82) is 0 Å². The largest absolute Gasteiger partial charge is 0.444 e. The molecular weight excluding hydrogens is 296 g/mol. The monoisotopic (exact) mass is 318 g/mol. The molecule has 3 N–H and O–H groups in total. The summed E-state index contributed by atoms with van der Waals surface area (Å²) in [5, 5.41) is 1.30. The molecule has 8 heteroatoms. The van der Waals surface area contributed by atoms with Crippen LogP contribution < -0.4 is 11.1 Å². The van der Waals surface area contributed by atoms with E-state index in [0.717, 1.165) is 0 Å². The van der Waals surface area contributed by atoms with Gasteiger partial charge in [-0.1, -0.05) is 0 Å². The minimum absolute atomic E-state index is 0.0282. The normalized spacial score (nSPS) is 34.2. The Balaban J connectivity index is 2.21. The Labute approximate surface area is 124 Å². The lowest BCUT2D eigenvalue weighted by Gasteiger charge is -2.38. The Hall–Kier alpha value is -1.31. The van der Waals surface area contributed by atoms with Crippen molar-refractivity contribution in [3.8, 4) is 0 Å². The predicted octanol–water partition coefficient (Wildman–Crippen LogP) is 0.475. The van der Waals surface area contributed by atoms with Crippen molar-refractivity contribution in [1.82, 2.24) is 5.32 Å². The number of sulfone groups is 1. The second kappa shape index (κ2) is 4.86. The molecule has 2 aliphatic heterocycles. The second-order valence-electron chi connectivity index (χ2n) is 6.89. The lowest BCUT2D eigenvalue weighted by molar-refractivity contribution is -0.125. The molecule has 0 saturated carbocycles. The number of nitrogens with one attached hydrogen (secondary N) is 1. The van der Waals surface area contributed by atoms with E-state index >= 15 is 0 Å². The zero-order chi connectivity index (χ0) is 16.1. The molecule has 2 saturated heterocycles. The van der Waals surface area contributed by atoms with Crippen LogP contribution in [0.5, 0.6) is 0 Å². The van der Waals surface area contributed by atoms with E-state index in [-0.39, 0.29) is 12.8 Å². The van der Waals surface area contributed by atoms with Gasteiger partial charge >= 0.3 is 6.09 Å². The van der Waals surface area contributed by atoms with Crippen molar-refractivity contribution in [3.05, 3.63) is 0 Å². The molecular formula is C13H22N2O5S. The van der Waals surface area contributed by atoms with Crippen LogP contribution in [0.3, 0.4) is 0 Å². The maximum Gasteiger partial charge on any atom is 0.408 e. The van der Waals surface area contributed by atoms with E-state index in [4.69, 9.17) is 10.5 Å². The lowest BCUT2D eigenvalue weighted by Crippen LogP contribution is -2.63. The van der Waals surface area contributed by atoms with E-state index in [2.05, 4.69) is 5.32 Å². The van der Waals surface area contributed by atoms with Gasteiger partial charge in [-0.15, -0.1) is 0 Å². The first kappa shape index (κ1) is 16.1. The SMILES string of the molecule is CC(C)(C)OC(=O)NC1(C(N)=O)CC2CCC(C1)S2(=O)=O. The Morgan fingerprint density at radius 3 is 2.05 bits per heavy atom. The van der Waals surface area contributed by atoms with Crippen LogP contribution in [0.2, 0.25) is 0 Å². The van der Waals surface area contributed by atoms with Crippen molar-refractivity contribution in [3.63, 3.8) is 0 Å². The van der Waals surface area contributed by atoms with Crippen molar-refractivity contribution in [2.75, 3.05) is 0 Å². The third-order valence-corrected chi connectivity index (χ3v) is 6.77. The molecule has 2 bridgehead atoms. The molecule has 2 unspecified atom stereocenters. The smallest absolute Gasteiger partial charge is 0.408 e. The summed E-state index contributed by atoms with van der Waals surface area (Å²) in [6, 6.07) is 0. The standard InChI is InChI=1S/C13H22N2O5S/c1-12(2,3)20-11(17)15-13(10(14)16)6-8-4-5-9(7-13)21(8,18)19/h8-9H,4-7H2,1-3H3,(H2,14,16)(H,15,17). The summed E-state index contributed by atoms with van der Waals surface area (Å²) in [7, 11) is -3.20. The Kier molecular flexibility index (Phi) is 3.72. The van der Waals surface area contributed by atoms with Crippen molar-refractivity contribution in [2.45, 2.75) is 68.1 Å². The first-order valence-electron chi connectivity index (χ1n) is 7.00. The second-order valence-corrected chi connectivity index (χ2v) is 9.40. The predicted molar refractivity (Wildman–Crippen MR) is 76.3 cm³/mol. The molecule has 0 aromatic heterocycles. The number of amides is 2. The van der Waals surface area contributed by atoms with Crippen LogP contribution in [0, 0.1) is 0 Å². The number of primary amides is 1. The Morgan fingerprint density at radius 1 is 1.19 bits per heavy atom. The zero-order valence-corrected chi connectivity index (χ0v) is 13.3. The van der Waals surface area contributed by atoms with Crippen LogP contribution in [0.15, 0.2) is 0 Å². The quantitative estimate of drug-likeness (QED) is 0.768. The molecule has 7 nitrogen and oxygen atoms in total. The number of fused-ring (bicyclic) bond motifs is 2. The molecule has 0 aromatic rings. The fourth-order valence-electron chi connectivity index (χ4n) is 3.13. The first-order valence-corrected chi connectivity index (χ1v) is 8.61. The summed E-state index contributed by atoms with van der Waals surface area (Å²) in [4.78, 5) is 23.8. The number of hydrogen-bond acceptors (Lipinski definition) is 5. The minimum atomic E-state index is -3.20. The third kappa shape index (κ3) is 3.00. The van der Waals surface area contributed by atoms with Gasteiger partial charge in [-0.2, -0.15) is 0 Å². The average Bonchev–Trinajstić information content (AvgIpc) is 2.48. The summed E-state index contributed by atoms with van der Waals surface area (Å²) in [6.07, 6.45) is 0.330. The number of hydrogen-bond donors (Lipinski definition) is 2. The van der Waals surface area contributed by atoms with E-state index in [1.54, 1.807) is 20.8 Å². The van der Waals surface area contributed by atoms with Gasteiger partial charge in [-0.25, -0.2) is 13.2 Å².